The minimum absolute atomic E-state index is 0.169. The first-order valence-electron chi connectivity index (χ1n) is 3.81. The van der Waals surface area contributed by atoms with Gasteiger partial charge in [-0.1, -0.05) is 15.9 Å². The van der Waals surface area contributed by atoms with Gasteiger partial charge in [0.1, 0.15) is 5.75 Å². The molecule has 0 saturated carbocycles. The molecule has 12 heavy (non-hydrogen) atoms. The molecule has 0 bridgehead atoms. The third-order valence-corrected chi connectivity index (χ3v) is 2.38. The highest BCUT2D eigenvalue weighted by molar-refractivity contribution is 9.10. The van der Waals surface area contributed by atoms with E-state index in [4.69, 9.17) is 0 Å². The molecule has 0 aromatic heterocycles. The quantitative estimate of drug-likeness (QED) is 0.817. The topological polar surface area (TPSA) is 32.3 Å². The first kappa shape index (κ1) is 9.55. The Labute approximate surface area is 80.7 Å². The summed E-state index contributed by atoms with van der Waals surface area (Å²) in [5, 5.41) is 12.5. The molecule has 2 nitrogen and oxygen atoms in total. The van der Waals surface area contributed by atoms with Crippen LogP contribution in [0.4, 0.5) is 0 Å². The summed E-state index contributed by atoms with van der Waals surface area (Å²) in [7, 11) is 1.87. The van der Waals surface area contributed by atoms with Gasteiger partial charge in [-0.25, -0.2) is 0 Å². The van der Waals surface area contributed by atoms with Gasteiger partial charge in [-0.3, -0.25) is 0 Å². The van der Waals surface area contributed by atoms with E-state index in [0.717, 1.165) is 10.0 Å². The van der Waals surface area contributed by atoms with Crippen LogP contribution in [0.3, 0.4) is 0 Å². The van der Waals surface area contributed by atoms with Crippen molar-refractivity contribution in [2.75, 3.05) is 7.05 Å². The number of hydrogen-bond acceptors (Lipinski definition) is 2. The number of phenols is 1. The molecule has 1 atom stereocenters. The lowest BCUT2D eigenvalue weighted by atomic mass is 10.1. The van der Waals surface area contributed by atoms with E-state index in [1.54, 1.807) is 6.07 Å². The Morgan fingerprint density at radius 3 is 2.75 bits per heavy atom. The van der Waals surface area contributed by atoms with Gasteiger partial charge in [-0.2, -0.15) is 0 Å². The van der Waals surface area contributed by atoms with Crippen molar-refractivity contribution in [2.45, 2.75) is 13.0 Å². The molecule has 66 valence electrons. The van der Waals surface area contributed by atoms with Gasteiger partial charge in [0.15, 0.2) is 0 Å². The highest BCUT2D eigenvalue weighted by atomic mass is 79.9. The second-order valence-electron chi connectivity index (χ2n) is 2.71. The molecule has 2 N–H and O–H groups in total. The predicted molar refractivity (Wildman–Crippen MR) is 53.3 cm³/mol. The Morgan fingerprint density at radius 2 is 2.17 bits per heavy atom. The van der Waals surface area contributed by atoms with Crippen molar-refractivity contribution in [3.63, 3.8) is 0 Å². The summed E-state index contributed by atoms with van der Waals surface area (Å²) >= 11 is 3.35. The maximum atomic E-state index is 9.48. The van der Waals surface area contributed by atoms with Gasteiger partial charge >= 0.3 is 0 Å². The molecular formula is C9H12BrNO. The number of benzene rings is 1. The average molecular weight is 230 g/mol. The molecule has 1 aromatic rings. The van der Waals surface area contributed by atoms with Crippen molar-refractivity contribution < 1.29 is 5.11 Å². The Hall–Kier alpha value is -0.540. The van der Waals surface area contributed by atoms with Crippen molar-refractivity contribution in [1.82, 2.24) is 5.32 Å². The number of rotatable bonds is 2. The molecular weight excluding hydrogens is 218 g/mol. The molecule has 0 radical (unpaired) electrons. The summed E-state index contributed by atoms with van der Waals surface area (Å²) < 4.78 is 0.984. The minimum Gasteiger partial charge on any atom is -0.508 e. The van der Waals surface area contributed by atoms with Crippen molar-refractivity contribution >= 4 is 15.9 Å². The average Bonchev–Trinajstić information content (AvgIpc) is 2.08. The van der Waals surface area contributed by atoms with Gasteiger partial charge in [-0.05, 0) is 32.2 Å². The molecule has 0 amide bonds. The van der Waals surface area contributed by atoms with E-state index in [2.05, 4.69) is 21.2 Å². The molecule has 0 spiro atoms. The Balaban J connectivity index is 3.04. The van der Waals surface area contributed by atoms with Crippen LogP contribution >= 0.6 is 15.9 Å². The maximum Gasteiger partial charge on any atom is 0.120 e. The fraction of sp³-hybridized carbons (Fsp3) is 0.333. The highest BCUT2D eigenvalue weighted by Crippen LogP contribution is 2.26. The molecule has 0 saturated heterocycles. The molecule has 0 aliphatic heterocycles. The van der Waals surface area contributed by atoms with Gasteiger partial charge in [0, 0.05) is 16.1 Å². The van der Waals surface area contributed by atoms with Crippen LogP contribution in [0, 0.1) is 0 Å². The normalized spacial score (nSPS) is 12.9. The largest absolute Gasteiger partial charge is 0.508 e. The van der Waals surface area contributed by atoms with Crippen LogP contribution in [0.15, 0.2) is 22.7 Å². The molecule has 0 fully saturated rings. The number of phenolic OH excluding ortho intramolecular Hbond substituents is 1. The van der Waals surface area contributed by atoms with Crippen molar-refractivity contribution in [1.29, 1.82) is 0 Å². The van der Waals surface area contributed by atoms with Gasteiger partial charge < -0.3 is 10.4 Å². The second kappa shape index (κ2) is 3.92. The van der Waals surface area contributed by atoms with Crippen LogP contribution in [0.1, 0.15) is 18.5 Å². The number of aromatic hydroxyl groups is 1. The van der Waals surface area contributed by atoms with E-state index in [1.807, 2.05) is 26.1 Å². The summed E-state index contributed by atoms with van der Waals surface area (Å²) in [6, 6.07) is 5.59. The van der Waals surface area contributed by atoms with E-state index in [0.29, 0.717) is 5.75 Å². The van der Waals surface area contributed by atoms with Crippen LogP contribution in [-0.2, 0) is 0 Å². The van der Waals surface area contributed by atoms with Crippen LogP contribution in [0.2, 0.25) is 0 Å². The van der Waals surface area contributed by atoms with Crippen LogP contribution in [0.5, 0.6) is 5.75 Å². The second-order valence-corrected chi connectivity index (χ2v) is 3.63. The minimum atomic E-state index is 0.169. The number of halogens is 1. The van der Waals surface area contributed by atoms with E-state index >= 15 is 0 Å². The SMILES string of the molecule is CNC(C)c1cc(Br)ccc1O. The third kappa shape index (κ3) is 1.99. The third-order valence-electron chi connectivity index (χ3n) is 1.89. The summed E-state index contributed by atoms with van der Waals surface area (Å²) in [6.07, 6.45) is 0. The molecule has 1 rings (SSSR count). The van der Waals surface area contributed by atoms with Crippen molar-refractivity contribution in [3.8, 4) is 5.75 Å². The van der Waals surface area contributed by atoms with Crippen LogP contribution in [-0.4, -0.2) is 12.2 Å². The summed E-state index contributed by atoms with van der Waals surface area (Å²) in [4.78, 5) is 0. The monoisotopic (exact) mass is 229 g/mol. The van der Waals surface area contributed by atoms with E-state index in [1.165, 1.54) is 0 Å². The van der Waals surface area contributed by atoms with E-state index in [9.17, 15) is 5.11 Å². The molecule has 0 aliphatic carbocycles. The first-order chi connectivity index (χ1) is 5.65. The molecule has 1 unspecified atom stereocenters. The van der Waals surface area contributed by atoms with Gasteiger partial charge in [0.25, 0.3) is 0 Å². The number of nitrogens with one attached hydrogen (secondary N) is 1. The number of hydrogen-bond donors (Lipinski definition) is 2. The summed E-state index contributed by atoms with van der Waals surface area (Å²) in [6.45, 7) is 2.00. The molecule has 0 aliphatic rings. The van der Waals surface area contributed by atoms with Crippen molar-refractivity contribution in [3.05, 3.63) is 28.2 Å². The van der Waals surface area contributed by atoms with Gasteiger partial charge in [0.05, 0.1) is 0 Å². The molecule has 3 heteroatoms. The highest BCUT2D eigenvalue weighted by Gasteiger charge is 2.07. The summed E-state index contributed by atoms with van der Waals surface area (Å²) in [5.74, 6) is 0.333. The van der Waals surface area contributed by atoms with Crippen LogP contribution in [0.25, 0.3) is 0 Å². The lowest BCUT2D eigenvalue weighted by Gasteiger charge is -2.12. The zero-order chi connectivity index (χ0) is 9.14. The first-order valence-corrected chi connectivity index (χ1v) is 4.60. The van der Waals surface area contributed by atoms with Gasteiger partial charge in [-0.15, -0.1) is 0 Å². The fourth-order valence-corrected chi connectivity index (χ4v) is 1.41. The Bertz CT molecular complexity index is 275. The fourth-order valence-electron chi connectivity index (χ4n) is 1.03. The lowest BCUT2D eigenvalue weighted by Crippen LogP contribution is -2.12. The standard InChI is InChI=1S/C9H12BrNO/c1-6(11-2)8-5-7(10)3-4-9(8)12/h3-6,11-12H,1-2H3. The summed E-state index contributed by atoms with van der Waals surface area (Å²) in [5.41, 5.74) is 0.909. The Morgan fingerprint density at radius 1 is 1.50 bits per heavy atom. The molecule has 0 heterocycles. The Kier molecular flexibility index (Phi) is 3.12. The predicted octanol–water partition coefficient (Wildman–Crippen LogP) is 2.44. The van der Waals surface area contributed by atoms with E-state index in [-0.39, 0.29) is 6.04 Å². The van der Waals surface area contributed by atoms with Crippen LogP contribution < -0.4 is 5.32 Å². The smallest absolute Gasteiger partial charge is 0.120 e. The lowest BCUT2D eigenvalue weighted by molar-refractivity contribution is 0.457. The zero-order valence-corrected chi connectivity index (χ0v) is 8.72. The van der Waals surface area contributed by atoms with E-state index < -0.39 is 0 Å². The van der Waals surface area contributed by atoms with Crippen molar-refractivity contribution in [2.24, 2.45) is 0 Å². The zero-order valence-electron chi connectivity index (χ0n) is 7.13. The maximum absolute atomic E-state index is 9.48. The molecule has 1 aromatic carbocycles. The van der Waals surface area contributed by atoms with Gasteiger partial charge in [0.2, 0.25) is 0 Å².